The summed E-state index contributed by atoms with van der Waals surface area (Å²) >= 11 is 0. The van der Waals surface area contributed by atoms with E-state index in [1.807, 2.05) is 18.2 Å². The molecule has 6 heteroatoms. The number of imidazole rings is 1. The number of carbonyl (C=O) groups is 1. The topological polar surface area (TPSA) is 83.6 Å². The Kier molecular flexibility index (Phi) is 3.82. The number of nitrogens with one attached hydrogen (secondary N) is 2. The Balaban J connectivity index is 1.74. The molecule has 0 aliphatic carbocycles. The molecule has 1 amide bonds. The Labute approximate surface area is 128 Å². The monoisotopic (exact) mass is 295 g/mol. The zero-order valence-electron chi connectivity index (χ0n) is 12.5. The van der Waals surface area contributed by atoms with Crippen LogP contribution in [0.5, 0.6) is 0 Å². The van der Waals surface area contributed by atoms with Crippen molar-refractivity contribution in [2.24, 2.45) is 0 Å². The van der Waals surface area contributed by atoms with Crippen LogP contribution in [0.2, 0.25) is 0 Å². The number of nitrogens with zero attached hydrogens (tertiary/aromatic N) is 3. The Hall–Kier alpha value is -2.76. The van der Waals surface area contributed by atoms with Gasteiger partial charge in [-0.05, 0) is 23.8 Å². The molecule has 0 bridgehead atoms. The van der Waals surface area contributed by atoms with Crippen molar-refractivity contribution < 1.29 is 4.79 Å². The molecule has 0 saturated carbocycles. The largest absolute Gasteiger partial charge is 0.342 e. The van der Waals surface area contributed by atoms with Crippen molar-refractivity contribution in [1.82, 2.24) is 19.9 Å². The van der Waals surface area contributed by atoms with Crippen LogP contribution in [0.1, 0.15) is 31.2 Å². The fraction of sp³-hybridized carbons (Fsp3) is 0.250. The van der Waals surface area contributed by atoms with Crippen LogP contribution in [0.15, 0.2) is 36.7 Å². The quantitative estimate of drug-likeness (QED) is 0.775. The summed E-state index contributed by atoms with van der Waals surface area (Å²) in [6.45, 7) is 4.18. The predicted octanol–water partition coefficient (Wildman–Crippen LogP) is 2.66. The molecule has 1 aromatic carbocycles. The van der Waals surface area contributed by atoms with E-state index < -0.39 is 0 Å². The summed E-state index contributed by atoms with van der Waals surface area (Å²) in [6, 6.07) is 7.51. The molecule has 0 radical (unpaired) electrons. The van der Waals surface area contributed by atoms with E-state index in [1.165, 1.54) is 0 Å². The summed E-state index contributed by atoms with van der Waals surface area (Å²) in [5, 5.41) is 2.67. The zero-order chi connectivity index (χ0) is 15.5. The SMILES string of the molecule is CC(C)c1nc2ccc(CC(=O)Nc3ncccn3)cc2[nH]1. The first-order chi connectivity index (χ1) is 10.6. The first-order valence-electron chi connectivity index (χ1n) is 7.17. The van der Waals surface area contributed by atoms with E-state index in [1.54, 1.807) is 18.5 Å². The second-order valence-electron chi connectivity index (χ2n) is 5.43. The molecular formula is C16H17N5O. The molecule has 0 aliphatic rings. The summed E-state index contributed by atoms with van der Waals surface area (Å²) in [7, 11) is 0. The average Bonchev–Trinajstić information content (AvgIpc) is 2.91. The molecule has 2 aromatic heterocycles. The molecule has 0 unspecified atom stereocenters. The number of anilines is 1. The summed E-state index contributed by atoms with van der Waals surface area (Å²) < 4.78 is 0. The van der Waals surface area contributed by atoms with E-state index in [9.17, 15) is 4.79 Å². The number of hydrogen-bond acceptors (Lipinski definition) is 4. The normalized spacial score (nSPS) is 11.0. The highest BCUT2D eigenvalue weighted by molar-refractivity contribution is 5.91. The van der Waals surface area contributed by atoms with Crippen LogP contribution in [0.25, 0.3) is 11.0 Å². The van der Waals surface area contributed by atoms with Crippen molar-refractivity contribution in [3.8, 4) is 0 Å². The Morgan fingerprint density at radius 3 is 2.77 bits per heavy atom. The molecule has 3 rings (SSSR count). The molecule has 22 heavy (non-hydrogen) atoms. The second kappa shape index (κ2) is 5.93. The lowest BCUT2D eigenvalue weighted by Crippen LogP contribution is -2.16. The van der Waals surface area contributed by atoms with Gasteiger partial charge >= 0.3 is 0 Å². The third-order valence-corrected chi connectivity index (χ3v) is 3.29. The molecule has 2 heterocycles. The lowest BCUT2D eigenvalue weighted by molar-refractivity contribution is -0.115. The van der Waals surface area contributed by atoms with Gasteiger partial charge in [-0.1, -0.05) is 19.9 Å². The summed E-state index contributed by atoms with van der Waals surface area (Å²) in [5.74, 6) is 1.47. The maximum Gasteiger partial charge on any atom is 0.231 e. The molecule has 0 atom stereocenters. The molecule has 0 aliphatic heterocycles. The molecular weight excluding hydrogens is 278 g/mol. The highest BCUT2D eigenvalue weighted by Crippen LogP contribution is 2.18. The van der Waals surface area contributed by atoms with E-state index in [0.717, 1.165) is 22.4 Å². The van der Waals surface area contributed by atoms with Crippen LogP contribution in [-0.2, 0) is 11.2 Å². The number of H-pyrrole nitrogens is 1. The molecule has 0 spiro atoms. The van der Waals surface area contributed by atoms with Crippen molar-refractivity contribution in [2.75, 3.05) is 5.32 Å². The highest BCUT2D eigenvalue weighted by atomic mass is 16.1. The maximum absolute atomic E-state index is 12.0. The summed E-state index contributed by atoms with van der Waals surface area (Å²) in [5.41, 5.74) is 2.78. The number of benzene rings is 1. The van der Waals surface area contributed by atoms with Gasteiger partial charge in [-0.25, -0.2) is 15.0 Å². The van der Waals surface area contributed by atoms with Crippen molar-refractivity contribution in [3.63, 3.8) is 0 Å². The Bertz CT molecular complexity index is 795. The molecule has 0 fully saturated rings. The van der Waals surface area contributed by atoms with E-state index in [0.29, 0.717) is 11.9 Å². The van der Waals surface area contributed by atoms with Gasteiger partial charge < -0.3 is 4.98 Å². The number of amides is 1. The summed E-state index contributed by atoms with van der Waals surface area (Å²) in [4.78, 5) is 27.8. The maximum atomic E-state index is 12.0. The first-order valence-corrected chi connectivity index (χ1v) is 7.17. The predicted molar refractivity (Wildman–Crippen MR) is 84.5 cm³/mol. The van der Waals surface area contributed by atoms with E-state index in [2.05, 4.69) is 39.1 Å². The molecule has 112 valence electrons. The number of hydrogen-bond donors (Lipinski definition) is 2. The smallest absolute Gasteiger partial charge is 0.231 e. The second-order valence-corrected chi connectivity index (χ2v) is 5.43. The number of aromatic nitrogens is 4. The van der Waals surface area contributed by atoms with Gasteiger partial charge in [0.25, 0.3) is 0 Å². The van der Waals surface area contributed by atoms with Crippen LogP contribution in [0, 0.1) is 0 Å². The first kappa shape index (κ1) is 14.2. The minimum Gasteiger partial charge on any atom is -0.342 e. The van der Waals surface area contributed by atoms with Gasteiger partial charge in [0.15, 0.2) is 0 Å². The van der Waals surface area contributed by atoms with E-state index >= 15 is 0 Å². The van der Waals surface area contributed by atoms with E-state index in [-0.39, 0.29) is 12.3 Å². The van der Waals surface area contributed by atoms with Gasteiger partial charge in [0.1, 0.15) is 5.82 Å². The fourth-order valence-electron chi connectivity index (χ4n) is 2.18. The lowest BCUT2D eigenvalue weighted by Gasteiger charge is -2.03. The third-order valence-electron chi connectivity index (χ3n) is 3.29. The Morgan fingerprint density at radius 1 is 1.27 bits per heavy atom. The molecule has 0 saturated heterocycles. The zero-order valence-corrected chi connectivity index (χ0v) is 12.5. The van der Waals surface area contributed by atoms with Crippen molar-refractivity contribution in [1.29, 1.82) is 0 Å². The average molecular weight is 295 g/mol. The minimum atomic E-state index is -0.144. The Morgan fingerprint density at radius 2 is 2.05 bits per heavy atom. The van der Waals surface area contributed by atoms with Crippen LogP contribution in [0.3, 0.4) is 0 Å². The lowest BCUT2D eigenvalue weighted by atomic mass is 10.1. The number of aromatic amines is 1. The summed E-state index contributed by atoms with van der Waals surface area (Å²) in [6.07, 6.45) is 3.45. The third kappa shape index (κ3) is 3.11. The standard InChI is InChI=1S/C16H17N5O/c1-10(2)15-19-12-5-4-11(8-13(12)20-15)9-14(22)21-16-17-6-3-7-18-16/h3-8,10H,9H2,1-2H3,(H,19,20)(H,17,18,21,22). The van der Waals surface area contributed by atoms with Crippen LogP contribution in [-0.4, -0.2) is 25.8 Å². The number of rotatable bonds is 4. The van der Waals surface area contributed by atoms with Gasteiger partial charge in [0.2, 0.25) is 11.9 Å². The van der Waals surface area contributed by atoms with Crippen molar-refractivity contribution in [3.05, 3.63) is 48.0 Å². The van der Waals surface area contributed by atoms with Crippen LogP contribution >= 0.6 is 0 Å². The van der Waals surface area contributed by atoms with Crippen LogP contribution < -0.4 is 5.32 Å². The minimum absolute atomic E-state index is 0.144. The fourth-order valence-corrected chi connectivity index (χ4v) is 2.18. The number of fused-ring (bicyclic) bond motifs is 1. The van der Waals surface area contributed by atoms with Crippen molar-refractivity contribution in [2.45, 2.75) is 26.2 Å². The van der Waals surface area contributed by atoms with Gasteiger partial charge in [-0.15, -0.1) is 0 Å². The van der Waals surface area contributed by atoms with Gasteiger partial charge in [-0.2, -0.15) is 0 Å². The molecule has 2 N–H and O–H groups in total. The van der Waals surface area contributed by atoms with Gasteiger partial charge in [0.05, 0.1) is 17.5 Å². The highest BCUT2D eigenvalue weighted by Gasteiger charge is 2.09. The number of carbonyl (C=O) groups excluding carboxylic acids is 1. The van der Waals surface area contributed by atoms with E-state index in [4.69, 9.17) is 0 Å². The van der Waals surface area contributed by atoms with Crippen molar-refractivity contribution >= 4 is 22.9 Å². The van der Waals surface area contributed by atoms with Crippen LogP contribution in [0.4, 0.5) is 5.95 Å². The molecule has 3 aromatic rings. The van der Waals surface area contributed by atoms with Gasteiger partial charge in [-0.3, -0.25) is 10.1 Å². The van der Waals surface area contributed by atoms with Gasteiger partial charge in [0, 0.05) is 18.3 Å². The molecule has 6 nitrogen and oxygen atoms in total.